The number of nitrogens with one attached hydrogen (secondary N) is 2. The van der Waals surface area contributed by atoms with Gasteiger partial charge in [0, 0.05) is 33.2 Å². The summed E-state index contributed by atoms with van der Waals surface area (Å²) in [6.07, 6.45) is 3.82. The van der Waals surface area contributed by atoms with E-state index in [1.54, 1.807) is 7.11 Å². The number of nitrogens with zero attached hydrogens (tertiary/aromatic N) is 3. The standard InChI is InChI=1S/C24H41N5O2.HI/c1-20-9-13-28(14-10-20)12-4-11-26-24(25-2)27-19-23(29-15-17-31-18-16-29)21-5-7-22(30-3)8-6-21;/h5-8,20,23H,4,9-19H2,1-3H3,(H2,25,26,27);1H. The molecule has 2 saturated heterocycles. The van der Waals surface area contributed by atoms with Crippen LogP contribution in [0.4, 0.5) is 0 Å². The van der Waals surface area contributed by atoms with E-state index in [1.807, 2.05) is 19.2 Å². The maximum atomic E-state index is 5.57. The molecule has 2 aliphatic rings. The highest BCUT2D eigenvalue weighted by molar-refractivity contribution is 14.0. The molecule has 1 aromatic rings. The first-order chi connectivity index (χ1) is 15.2. The molecule has 2 aliphatic heterocycles. The lowest BCUT2D eigenvalue weighted by molar-refractivity contribution is 0.0170. The number of likely N-dealkylation sites (tertiary alicyclic amines) is 1. The van der Waals surface area contributed by atoms with Crippen LogP contribution in [0.1, 0.15) is 37.8 Å². The predicted molar refractivity (Wildman–Crippen MR) is 142 cm³/mol. The number of aliphatic imine (C=N–C) groups is 1. The molecule has 1 unspecified atom stereocenters. The van der Waals surface area contributed by atoms with Crippen LogP contribution in [-0.2, 0) is 4.74 Å². The SMILES string of the molecule is CN=C(NCCCN1CCC(C)CC1)NCC(c1ccc(OC)cc1)N1CCOCC1.I. The van der Waals surface area contributed by atoms with Gasteiger partial charge in [-0.2, -0.15) is 0 Å². The van der Waals surface area contributed by atoms with Crippen LogP contribution in [0.2, 0.25) is 0 Å². The van der Waals surface area contributed by atoms with Gasteiger partial charge in [-0.25, -0.2) is 0 Å². The summed E-state index contributed by atoms with van der Waals surface area (Å²) < 4.78 is 10.9. The van der Waals surface area contributed by atoms with Gasteiger partial charge in [0.1, 0.15) is 5.75 Å². The highest BCUT2D eigenvalue weighted by atomic mass is 127. The topological polar surface area (TPSA) is 61.4 Å². The average molecular weight is 560 g/mol. The van der Waals surface area contributed by atoms with Crippen LogP contribution in [0.3, 0.4) is 0 Å². The van der Waals surface area contributed by atoms with Gasteiger partial charge in [-0.15, -0.1) is 24.0 Å². The van der Waals surface area contributed by atoms with E-state index in [0.29, 0.717) is 0 Å². The second-order valence-electron chi connectivity index (χ2n) is 8.69. The zero-order valence-corrected chi connectivity index (χ0v) is 22.3. The van der Waals surface area contributed by atoms with Crippen molar-refractivity contribution in [3.05, 3.63) is 29.8 Å². The molecule has 3 rings (SSSR count). The minimum Gasteiger partial charge on any atom is -0.497 e. The zero-order chi connectivity index (χ0) is 21.9. The number of hydrogen-bond donors (Lipinski definition) is 2. The van der Waals surface area contributed by atoms with Gasteiger partial charge in [0.05, 0.1) is 26.4 Å². The predicted octanol–water partition coefficient (Wildman–Crippen LogP) is 2.97. The molecule has 2 heterocycles. The van der Waals surface area contributed by atoms with E-state index >= 15 is 0 Å². The molecule has 0 radical (unpaired) electrons. The summed E-state index contributed by atoms with van der Waals surface area (Å²) in [6, 6.07) is 8.67. The lowest BCUT2D eigenvalue weighted by Gasteiger charge is -2.35. The van der Waals surface area contributed by atoms with E-state index in [2.05, 4.69) is 44.5 Å². The number of piperidine rings is 1. The van der Waals surface area contributed by atoms with E-state index in [-0.39, 0.29) is 30.0 Å². The van der Waals surface area contributed by atoms with Crippen molar-refractivity contribution in [3.63, 3.8) is 0 Å². The Morgan fingerprint density at radius 2 is 1.81 bits per heavy atom. The van der Waals surface area contributed by atoms with Crippen molar-refractivity contribution in [3.8, 4) is 5.75 Å². The Labute approximate surface area is 211 Å². The summed E-state index contributed by atoms with van der Waals surface area (Å²) in [7, 11) is 3.55. The third kappa shape index (κ3) is 8.68. The molecule has 182 valence electrons. The molecular formula is C24H42IN5O2. The minimum atomic E-state index is 0. The quantitative estimate of drug-likeness (QED) is 0.210. The molecule has 0 amide bonds. The van der Waals surface area contributed by atoms with Gasteiger partial charge >= 0.3 is 0 Å². The summed E-state index contributed by atoms with van der Waals surface area (Å²) in [5.74, 6) is 2.65. The largest absolute Gasteiger partial charge is 0.497 e. The number of halogens is 1. The Kier molecular flexibility index (Phi) is 12.7. The minimum absolute atomic E-state index is 0. The van der Waals surface area contributed by atoms with Crippen LogP contribution in [0.5, 0.6) is 5.75 Å². The van der Waals surface area contributed by atoms with Crippen LogP contribution in [0.25, 0.3) is 0 Å². The van der Waals surface area contributed by atoms with Crippen molar-refractivity contribution in [1.29, 1.82) is 0 Å². The van der Waals surface area contributed by atoms with E-state index in [1.165, 1.54) is 38.0 Å². The molecule has 0 aliphatic carbocycles. The number of guanidine groups is 1. The fraction of sp³-hybridized carbons (Fsp3) is 0.708. The monoisotopic (exact) mass is 559 g/mol. The molecule has 8 heteroatoms. The number of morpholine rings is 1. The maximum Gasteiger partial charge on any atom is 0.191 e. The normalized spacial score (nSPS) is 19.8. The highest BCUT2D eigenvalue weighted by Gasteiger charge is 2.23. The molecule has 1 atom stereocenters. The van der Waals surface area contributed by atoms with E-state index in [0.717, 1.165) is 63.4 Å². The van der Waals surface area contributed by atoms with Crippen molar-refractivity contribution < 1.29 is 9.47 Å². The summed E-state index contributed by atoms with van der Waals surface area (Å²) in [5.41, 5.74) is 1.28. The van der Waals surface area contributed by atoms with Crippen molar-refractivity contribution in [1.82, 2.24) is 20.4 Å². The van der Waals surface area contributed by atoms with Crippen LogP contribution in [0.15, 0.2) is 29.3 Å². The number of rotatable bonds is 9. The van der Waals surface area contributed by atoms with E-state index in [4.69, 9.17) is 9.47 Å². The molecule has 1 aromatic carbocycles. The van der Waals surface area contributed by atoms with Gasteiger partial charge in [-0.3, -0.25) is 9.89 Å². The first-order valence-electron chi connectivity index (χ1n) is 11.8. The molecule has 7 nitrogen and oxygen atoms in total. The summed E-state index contributed by atoms with van der Waals surface area (Å²) in [4.78, 5) is 9.52. The average Bonchev–Trinajstić information content (AvgIpc) is 2.82. The van der Waals surface area contributed by atoms with Gasteiger partial charge in [0.15, 0.2) is 5.96 Å². The summed E-state index contributed by atoms with van der Waals surface area (Å²) in [6.45, 7) is 11.2. The van der Waals surface area contributed by atoms with Gasteiger partial charge in [0.2, 0.25) is 0 Å². The maximum absolute atomic E-state index is 5.57. The Morgan fingerprint density at radius 3 is 2.44 bits per heavy atom. The molecule has 0 spiro atoms. The molecule has 2 fully saturated rings. The summed E-state index contributed by atoms with van der Waals surface area (Å²) >= 11 is 0. The number of hydrogen-bond acceptors (Lipinski definition) is 5. The number of benzene rings is 1. The fourth-order valence-corrected chi connectivity index (χ4v) is 4.38. The second kappa shape index (κ2) is 14.9. The van der Waals surface area contributed by atoms with Crippen LogP contribution >= 0.6 is 24.0 Å². The lowest BCUT2D eigenvalue weighted by atomic mass is 9.99. The van der Waals surface area contributed by atoms with Gasteiger partial charge in [-0.1, -0.05) is 19.1 Å². The Morgan fingerprint density at radius 1 is 1.12 bits per heavy atom. The smallest absolute Gasteiger partial charge is 0.191 e. The Hall–Kier alpha value is -1.10. The van der Waals surface area contributed by atoms with Crippen LogP contribution in [0, 0.1) is 5.92 Å². The number of ether oxygens (including phenoxy) is 2. The first kappa shape index (κ1) is 27.1. The molecule has 0 aromatic heterocycles. The van der Waals surface area contributed by atoms with Crippen molar-refractivity contribution in [2.45, 2.75) is 32.2 Å². The van der Waals surface area contributed by atoms with Gasteiger partial charge in [0.25, 0.3) is 0 Å². The Balaban J connectivity index is 0.00000363. The number of methoxy groups -OCH3 is 1. The van der Waals surface area contributed by atoms with Gasteiger partial charge in [-0.05, 0) is 62.5 Å². The van der Waals surface area contributed by atoms with Crippen molar-refractivity contribution in [2.75, 3.05) is 73.2 Å². The third-order valence-electron chi connectivity index (χ3n) is 6.49. The molecular weight excluding hydrogens is 517 g/mol. The molecule has 0 saturated carbocycles. The molecule has 2 N–H and O–H groups in total. The van der Waals surface area contributed by atoms with E-state index < -0.39 is 0 Å². The van der Waals surface area contributed by atoms with Crippen LogP contribution < -0.4 is 15.4 Å². The zero-order valence-electron chi connectivity index (χ0n) is 20.0. The summed E-state index contributed by atoms with van der Waals surface area (Å²) in [5, 5.41) is 7.04. The van der Waals surface area contributed by atoms with E-state index in [9.17, 15) is 0 Å². The van der Waals surface area contributed by atoms with Crippen molar-refractivity contribution >= 4 is 29.9 Å². The van der Waals surface area contributed by atoms with Gasteiger partial charge < -0.3 is 25.0 Å². The fourth-order valence-electron chi connectivity index (χ4n) is 4.38. The third-order valence-corrected chi connectivity index (χ3v) is 6.49. The second-order valence-corrected chi connectivity index (χ2v) is 8.69. The lowest BCUT2D eigenvalue weighted by Crippen LogP contribution is -2.46. The molecule has 0 bridgehead atoms. The van der Waals surface area contributed by atoms with Crippen molar-refractivity contribution in [2.24, 2.45) is 10.9 Å². The highest BCUT2D eigenvalue weighted by Crippen LogP contribution is 2.23. The van der Waals surface area contributed by atoms with Crippen LogP contribution in [-0.4, -0.2) is 88.9 Å². The molecule has 32 heavy (non-hydrogen) atoms. The Bertz CT molecular complexity index is 659. The first-order valence-corrected chi connectivity index (χ1v) is 11.8.